The van der Waals surface area contributed by atoms with E-state index in [0.29, 0.717) is 5.92 Å². The molecule has 4 nitrogen and oxygen atoms in total. The molecule has 1 aromatic heterocycles. The third-order valence-corrected chi connectivity index (χ3v) is 3.97. The SMILES string of the molecule is Cc1nn(CCCNC(=O)[C@@H]2C[C@H]2C)cc1Br. The van der Waals surface area contributed by atoms with Crippen LogP contribution in [0.4, 0.5) is 0 Å². The number of nitrogens with zero attached hydrogens (tertiary/aromatic N) is 2. The van der Waals surface area contributed by atoms with Crippen molar-refractivity contribution in [1.29, 1.82) is 0 Å². The molecule has 0 radical (unpaired) electrons. The van der Waals surface area contributed by atoms with Gasteiger partial charge in [0.1, 0.15) is 0 Å². The molecular formula is C12H18BrN3O. The van der Waals surface area contributed by atoms with Crippen molar-refractivity contribution in [1.82, 2.24) is 15.1 Å². The fourth-order valence-corrected chi connectivity index (χ4v) is 2.19. The third-order valence-electron chi connectivity index (χ3n) is 3.20. The first-order chi connectivity index (χ1) is 8.08. The number of nitrogens with one attached hydrogen (secondary N) is 1. The van der Waals surface area contributed by atoms with Gasteiger partial charge < -0.3 is 5.32 Å². The summed E-state index contributed by atoms with van der Waals surface area (Å²) < 4.78 is 2.94. The molecule has 0 aliphatic heterocycles. The predicted octanol–water partition coefficient (Wildman–Crippen LogP) is 2.12. The molecule has 2 rings (SSSR count). The number of halogens is 1. The van der Waals surface area contributed by atoms with Crippen LogP contribution >= 0.6 is 15.9 Å². The average molecular weight is 300 g/mol. The van der Waals surface area contributed by atoms with Gasteiger partial charge in [-0.1, -0.05) is 6.92 Å². The van der Waals surface area contributed by atoms with Crippen molar-refractivity contribution in [3.05, 3.63) is 16.4 Å². The van der Waals surface area contributed by atoms with Crippen LogP contribution in [-0.4, -0.2) is 22.2 Å². The zero-order valence-corrected chi connectivity index (χ0v) is 11.8. The number of rotatable bonds is 5. The maximum atomic E-state index is 11.5. The average Bonchev–Trinajstić information content (AvgIpc) is 2.92. The molecule has 0 unspecified atom stereocenters. The molecule has 17 heavy (non-hydrogen) atoms. The fraction of sp³-hybridized carbons (Fsp3) is 0.667. The molecule has 1 fully saturated rings. The highest BCUT2D eigenvalue weighted by Gasteiger charge is 2.38. The number of aryl methyl sites for hydroxylation is 2. The van der Waals surface area contributed by atoms with Crippen LogP contribution in [0.3, 0.4) is 0 Å². The van der Waals surface area contributed by atoms with Gasteiger partial charge in [0, 0.05) is 25.2 Å². The van der Waals surface area contributed by atoms with Crippen LogP contribution in [0.25, 0.3) is 0 Å². The summed E-state index contributed by atoms with van der Waals surface area (Å²) >= 11 is 3.43. The topological polar surface area (TPSA) is 46.9 Å². The van der Waals surface area contributed by atoms with Crippen molar-refractivity contribution in [3.8, 4) is 0 Å². The maximum Gasteiger partial charge on any atom is 0.223 e. The number of carbonyl (C=O) groups is 1. The lowest BCUT2D eigenvalue weighted by molar-refractivity contribution is -0.122. The summed E-state index contributed by atoms with van der Waals surface area (Å²) in [4.78, 5) is 11.5. The van der Waals surface area contributed by atoms with E-state index in [4.69, 9.17) is 0 Å². The largest absolute Gasteiger partial charge is 0.356 e. The van der Waals surface area contributed by atoms with Crippen LogP contribution in [0.2, 0.25) is 0 Å². The summed E-state index contributed by atoms with van der Waals surface area (Å²) in [5, 5.41) is 7.32. The summed E-state index contributed by atoms with van der Waals surface area (Å²) in [6.45, 7) is 5.66. The van der Waals surface area contributed by atoms with Crippen LogP contribution in [0.15, 0.2) is 10.7 Å². The molecule has 1 aromatic rings. The van der Waals surface area contributed by atoms with Crippen LogP contribution < -0.4 is 5.32 Å². The minimum atomic E-state index is 0.218. The summed E-state index contributed by atoms with van der Waals surface area (Å²) in [5.74, 6) is 1.08. The highest BCUT2D eigenvalue weighted by atomic mass is 79.9. The molecule has 0 bridgehead atoms. The van der Waals surface area contributed by atoms with Gasteiger partial charge in [-0.25, -0.2) is 0 Å². The van der Waals surface area contributed by atoms with Crippen LogP contribution in [0.5, 0.6) is 0 Å². The third kappa shape index (κ3) is 3.31. The monoisotopic (exact) mass is 299 g/mol. The van der Waals surface area contributed by atoms with Crippen LogP contribution in [0, 0.1) is 18.8 Å². The van der Waals surface area contributed by atoms with E-state index in [9.17, 15) is 4.79 Å². The predicted molar refractivity (Wildman–Crippen MR) is 69.6 cm³/mol. The molecule has 2 atom stereocenters. The Morgan fingerprint density at radius 2 is 2.41 bits per heavy atom. The van der Waals surface area contributed by atoms with Gasteiger partial charge in [-0.05, 0) is 41.6 Å². The lowest BCUT2D eigenvalue weighted by atomic mass is 10.3. The smallest absolute Gasteiger partial charge is 0.223 e. The Morgan fingerprint density at radius 3 is 2.94 bits per heavy atom. The Hall–Kier alpha value is -0.840. The van der Waals surface area contributed by atoms with Gasteiger partial charge in [-0.3, -0.25) is 9.48 Å². The van der Waals surface area contributed by atoms with E-state index in [-0.39, 0.29) is 11.8 Å². The highest BCUT2D eigenvalue weighted by molar-refractivity contribution is 9.10. The zero-order chi connectivity index (χ0) is 12.4. The van der Waals surface area contributed by atoms with E-state index in [1.54, 1.807) is 0 Å². The number of aromatic nitrogens is 2. The quantitative estimate of drug-likeness (QED) is 0.847. The molecule has 5 heteroatoms. The standard InChI is InChI=1S/C12H18BrN3O/c1-8-6-10(8)12(17)14-4-3-5-16-7-11(13)9(2)15-16/h7-8,10H,3-6H2,1-2H3,(H,14,17)/t8-,10-/m1/s1. The molecular weight excluding hydrogens is 282 g/mol. The number of amides is 1. The Bertz CT molecular complexity index is 396. The lowest BCUT2D eigenvalue weighted by Crippen LogP contribution is -2.27. The molecule has 1 aliphatic carbocycles. The van der Waals surface area contributed by atoms with Gasteiger partial charge in [0.05, 0.1) is 10.2 Å². The zero-order valence-electron chi connectivity index (χ0n) is 10.2. The van der Waals surface area contributed by atoms with Gasteiger partial charge in [0.15, 0.2) is 0 Å². The van der Waals surface area contributed by atoms with Gasteiger partial charge >= 0.3 is 0 Å². The first kappa shape index (κ1) is 12.6. The Labute approximate surface area is 110 Å². The van der Waals surface area contributed by atoms with Crippen molar-refractivity contribution in [3.63, 3.8) is 0 Å². The Kier molecular flexibility index (Phi) is 3.86. The minimum Gasteiger partial charge on any atom is -0.356 e. The van der Waals surface area contributed by atoms with E-state index >= 15 is 0 Å². The van der Waals surface area contributed by atoms with Gasteiger partial charge in [0.2, 0.25) is 5.91 Å². The fourth-order valence-electron chi connectivity index (χ4n) is 1.88. The second-order valence-electron chi connectivity index (χ2n) is 4.79. The van der Waals surface area contributed by atoms with Crippen molar-refractivity contribution < 1.29 is 4.79 Å². The lowest BCUT2D eigenvalue weighted by Gasteiger charge is -2.04. The summed E-state index contributed by atoms with van der Waals surface area (Å²) in [5.41, 5.74) is 1.00. The molecule has 1 amide bonds. The molecule has 1 saturated carbocycles. The molecule has 0 saturated heterocycles. The van der Waals surface area contributed by atoms with Crippen molar-refractivity contribution in [2.75, 3.05) is 6.54 Å². The van der Waals surface area contributed by atoms with E-state index in [1.807, 2.05) is 17.8 Å². The second kappa shape index (κ2) is 5.21. The molecule has 0 aromatic carbocycles. The van der Waals surface area contributed by atoms with Crippen molar-refractivity contribution in [2.45, 2.75) is 33.2 Å². The van der Waals surface area contributed by atoms with Crippen molar-refractivity contribution >= 4 is 21.8 Å². The Balaban J connectivity index is 1.64. The summed E-state index contributed by atoms with van der Waals surface area (Å²) in [6, 6.07) is 0. The summed E-state index contributed by atoms with van der Waals surface area (Å²) in [7, 11) is 0. The van der Waals surface area contributed by atoms with Gasteiger partial charge in [-0.15, -0.1) is 0 Å². The van der Waals surface area contributed by atoms with Crippen LogP contribution in [0.1, 0.15) is 25.5 Å². The molecule has 1 heterocycles. The number of hydrogen-bond donors (Lipinski definition) is 1. The molecule has 1 N–H and O–H groups in total. The minimum absolute atomic E-state index is 0.218. The number of carbonyl (C=O) groups excluding carboxylic acids is 1. The van der Waals surface area contributed by atoms with E-state index in [2.05, 4.69) is 33.3 Å². The number of hydrogen-bond acceptors (Lipinski definition) is 2. The first-order valence-electron chi connectivity index (χ1n) is 6.05. The Morgan fingerprint density at radius 1 is 1.71 bits per heavy atom. The van der Waals surface area contributed by atoms with E-state index < -0.39 is 0 Å². The summed E-state index contributed by atoms with van der Waals surface area (Å²) in [6.07, 6.45) is 3.94. The van der Waals surface area contributed by atoms with Crippen LogP contribution in [-0.2, 0) is 11.3 Å². The molecule has 1 aliphatic rings. The highest BCUT2D eigenvalue weighted by Crippen LogP contribution is 2.37. The molecule has 94 valence electrons. The van der Waals surface area contributed by atoms with E-state index in [1.165, 1.54) is 0 Å². The second-order valence-corrected chi connectivity index (χ2v) is 5.64. The van der Waals surface area contributed by atoms with E-state index in [0.717, 1.165) is 36.1 Å². The maximum absolute atomic E-state index is 11.5. The molecule has 0 spiro atoms. The van der Waals surface area contributed by atoms with Gasteiger partial charge in [-0.2, -0.15) is 5.10 Å². The normalized spacial score (nSPS) is 22.5. The van der Waals surface area contributed by atoms with Crippen molar-refractivity contribution in [2.24, 2.45) is 11.8 Å². The van der Waals surface area contributed by atoms with Gasteiger partial charge in [0.25, 0.3) is 0 Å². The first-order valence-corrected chi connectivity index (χ1v) is 6.84.